The average Bonchev–Trinajstić information content (AvgIpc) is 3.18. The molecule has 1 aromatic carbocycles. The number of halogens is 6. The predicted molar refractivity (Wildman–Crippen MR) is 119 cm³/mol. The lowest BCUT2D eigenvalue weighted by Crippen LogP contribution is -2.23. The highest BCUT2D eigenvalue weighted by molar-refractivity contribution is 7.99. The molecule has 3 rings (SSSR count). The number of fused-ring (bicyclic) bond motifs is 1. The molecule has 0 amide bonds. The van der Waals surface area contributed by atoms with Crippen LogP contribution in [0.1, 0.15) is 6.92 Å². The first-order chi connectivity index (χ1) is 17.1. The molecule has 0 aliphatic rings. The van der Waals surface area contributed by atoms with Crippen molar-refractivity contribution in [2.24, 2.45) is 0 Å². The van der Waals surface area contributed by atoms with Crippen molar-refractivity contribution < 1.29 is 49.8 Å². The van der Waals surface area contributed by atoms with Gasteiger partial charge in [-0.3, -0.25) is 13.6 Å². The minimum Gasteiger partial charge on any atom is -0.508 e. The van der Waals surface area contributed by atoms with E-state index in [9.17, 15) is 36.0 Å². The number of rotatable bonds is 11. The maximum atomic E-state index is 12.5. The standard InChI is InChI=1S/C19H20F6N5O5PS/c1-11(33-10-36(32,34-7-18(20,21)22)35-8-19(23,24)25)6-30-9-27-14-15(30)28-17(26)29-16(14)37-13-4-2-12(31)3-5-13/h2-5,9,11,31H,6-8,10H2,1H3,(H2,26,28,29). The average molecular weight is 575 g/mol. The van der Waals surface area contributed by atoms with Crippen LogP contribution in [0.4, 0.5) is 32.3 Å². The van der Waals surface area contributed by atoms with Gasteiger partial charge in [-0.15, -0.1) is 0 Å². The highest BCUT2D eigenvalue weighted by Crippen LogP contribution is 2.50. The van der Waals surface area contributed by atoms with Gasteiger partial charge in [-0.2, -0.15) is 31.3 Å². The van der Waals surface area contributed by atoms with E-state index < -0.39 is 45.6 Å². The number of aromatic nitrogens is 4. The van der Waals surface area contributed by atoms with E-state index in [0.717, 1.165) is 4.90 Å². The van der Waals surface area contributed by atoms with Crippen LogP contribution in [0, 0.1) is 0 Å². The topological polar surface area (TPSA) is 135 Å². The van der Waals surface area contributed by atoms with Crippen molar-refractivity contribution >= 4 is 36.5 Å². The van der Waals surface area contributed by atoms with Gasteiger partial charge in [0.2, 0.25) is 5.95 Å². The number of phenolic OH excluding ortho intramolecular Hbond substituents is 1. The fourth-order valence-electron chi connectivity index (χ4n) is 2.77. The molecule has 0 saturated carbocycles. The number of aromatic hydroxyl groups is 1. The zero-order valence-electron chi connectivity index (χ0n) is 18.9. The third-order valence-corrected chi connectivity index (χ3v) is 6.82. The number of nitrogens with zero attached hydrogens (tertiary/aromatic N) is 4. The molecule has 1 unspecified atom stereocenters. The van der Waals surface area contributed by atoms with Crippen molar-refractivity contribution in [1.82, 2.24) is 19.5 Å². The number of nitrogen functional groups attached to an aromatic ring is 1. The van der Waals surface area contributed by atoms with Gasteiger partial charge in [-0.05, 0) is 31.2 Å². The van der Waals surface area contributed by atoms with Crippen molar-refractivity contribution in [3.63, 3.8) is 0 Å². The van der Waals surface area contributed by atoms with Crippen LogP contribution in [0.15, 0.2) is 40.5 Å². The van der Waals surface area contributed by atoms with Crippen molar-refractivity contribution in [3.8, 4) is 5.75 Å². The molecule has 0 saturated heterocycles. The monoisotopic (exact) mass is 575 g/mol. The second kappa shape index (κ2) is 11.4. The SMILES string of the molecule is CC(Cn1cnc2c(Sc3ccc(O)cc3)nc(N)nc21)OCP(=O)(OCC(F)(F)F)OCC(F)(F)F. The number of alkyl halides is 6. The lowest BCUT2D eigenvalue weighted by atomic mass is 10.3. The van der Waals surface area contributed by atoms with Crippen LogP contribution in [0.2, 0.25) is 0 Å². The van der Waals surface area contributed by atoms with E-state index in [2.05, 4.69) is 24.0 Å². The molecule has 37 heavy (non-hydrogen) atoms. The molecule has 3 aromatic rings. The summed E-state index contributed by atoms with van der Waals surface area (Å²) in [5, 5.41) is 9.83. The number of ether oxygens (including phenoxy) is 1. The number of nitrogens with two attached hydrogens (primary N) is 1. The molecule has 2 heterocycles. The Labute approximate surface area is 209 Å². The molecule has 1 atom stereocenters. The lowest BCUT2D eigenvalue weighted by molar-refractivity contribution is -0.166. The Bertz CT molecular complexity index is 1240. The first-order valence-electron chi connectivity index (χ1n) is 10.2. The minimum atomic E-state index is -4.95. The number of benzene rings is 1. The summed E-state index contributed by atoms with van der Waals surface area (Å²) in [5.74, 6) is -0.0122. The maximum Gasteiger partial charge on any atom is 0.412 e. The van der Waals surface area contributed by atoms with Gasteiger partial charge < -0.3 is 20.1 Å². The molecule has 204 valence electrons. The Morgan fingerprint density at radius 1 is 1.08 bits per heavy atom. The van der Waals surface area contributed by atoms with Crippen molar-refractivity contribution in [2.75, 3.05) is 25.3 Å². The lowest BCUT2D eigenvalue weighted by Gasteiger charge is -2.22. The molecule has 10 nitrogen and oxygen atoms in total. The summed E-state index contributed by atoms with van der Waals surface area (Å²) in [4.78, 5) is 13.3. The molecule has 3 N–H and O–H groups in total. The molecule has 18 heteroatoms. The van der Waals surface area contributed by atoms with Crippen LogP contribution in [0.25, 0.3) is 11.2 Å². The third kappa shape index (κ3) is 9.03. The Balaban J connectivity index is 1.72. The summed E-state index contributed by atoms with van der Waals surface area (Å²) in [7, 11) is -4.92. The van der Waals surface area contributed by atoms with E-state index in [1.165, 1.54) is 41.7 Å². The minimum absolute atomic E-state index is 0.0468. The second-order valence-corrected chi connectivity index (χ2v) is 10.6. The summed E-state index contributed by atoms with van der Waals surface area (Å²) in [6.45, 7) is -2.78. The smallest absolute Gasteiger partial charge is 0.412 e. The zero-order valence-corrected chi connectivity index (χ0v) is 20.6. The fourth-order valence-corrected chi connectivity index (χ4v) is 4.99. The van der Waals surface area contributed by atoms with E-state index in [-0.39, 0.29) is 23.9 Å². The second-order valence-electron chi connectivity index (χ2n) is 7.55. The number of phenols is 1. The van der Waals surface area contributed by atoms with Crippen LogP contribution in [0.3, 0.4) is 0 Å². The van der Waals surface area contributed by atoms with Gasteiger partial charge in [-0.25, -0.2) is 9.97 Å². The summed E-state index contributed by atoms with van der Waals surface area (Å²) in [5.41, 5.74) is 6.44. The van der Waals surface area contributed by atoms with Gasteiger partial charge in [0.1, 0.15) is 22.6 Å². The third-order valence-electron chi connectivity index (χ3n) is 4.32. The van der Waals surface area contributed by atoms with Crippen molar-refractivity contribution in [1.29, 1.82) is 0 Å². The van der Waals surface area contributed by atoms with E-state index in [1.807, 2.05) is 0 Å². The molecule has 0 spiro atoms. The van der Waals surface area contributed by atoms with E-state index in [4.69, 9.17) is 10.5 Å². The number of hydrogen-bond donors (Lipinski definition) is 2. The van der Waals surface area contributed by atoms with Crippen LogP contribution < -0.4 is 5.73 Å². The number of hydrogen-bond acceptors (Lipinski definition) is 10. The normalized spacial score (nSPS) is 13.8. The van der Waals surface area contributed by atoms with Gasteiger partial charge in [0.25, 0.3) is 0 Å². The largest absolute Gasteiger partial charge is 0.508 e. The Kier molecular flexibility index (Phi) is 8.95. The molecule has 0 aliphatic carbocycles. The quantitative estimate of drug-likeness (QED) is 0.183. The molecular weight excluding hydrogens is 555 g/mol. The van der Waals surface area contributed by atoms with Gasteiger partial charge >= 0.3 is 19.9 Å². The molecule has 0 fully saturated rings. The Hall–Kier alpha value is -2.59. The first kappa shape index (κ1) is 29.0. The number of imidazole rings is 1. The molecule has 0 bridgehead atoms. The van der Waals surface area contributed by atoms with E-state index >= 15 is 0 Å². The van der Waals surface area contributed by atoms with Gasteiger partial charge in [-0.1, -0.05) is 11.8 Å². The van der Waals surface area contributed by atoms with Crippen LogP contribution in [0.5, 0.6) is 5.75 Å². The van der Waals surface area contributed by atoms with Gasteiger partial charge in [0.15, 0.2) is 18.9 Å². The van der Waals surface area contributed by atoms with Crippen LogP contribution in [-0.2, 0) is 24.9 Å². The summed E-state index contributed by atoms with van der Waals surface area (Å²) in [6.07, 6.45) is -10.6. The Morgan fingerprint density at radius 3 is 2.24 bits per heavy atom. The van der Waals surface area contributed by atoms with Crippen LogP contribution >= 0.6 is 19.4 Å². The fraction of sp³-hybridized carbons (Fsp3) is 0.421. The molecule has 0 aliphatic heterocycles. The summed E-state index contributed by atoms with van der Waals surface area (Å²) < 4.78 is 102. The van der Waals surface area contributed by atoms with Crippen LogP contribution in [-0.4, -0.2) is 62.6 Å². The molecule has 2 aromatic heterocycles. The van der Waals surface area contributed by atoms with E-state index in [1.54, 1.807) is 12.1 Å². The highest BCUT2D eigenvalue weighted by atomic mass is 32.2. The zero-order chi connectivity index (χ0) is 27.4. The summed E-state index contributed by atoms with van der Waals surface area (Å²) in [6, 6.07) is 6.27. The predicted octanol–water partition coefficient (Wildman–Crippen LogP) is 4.98. The highest BCUT2D eigenvalue weighted by Gasteiger charge is 2.39. The van der Waals surface area contributed by atoms with Crippen molar-refractivity contribution in [2.45, 2.75) is 41.8 Å². The van der Waals surface area contributed by atoms with Gasteiger partial charge in [0, 0.05) is 4.90 Å². The molecule has 0 radical (unpaired) electrons. The van der Waals surface area contributed by atoms with E-state index in [0.29, 0.717) is 10.5 Å². The Morgan fingerprint density at radius 2 is 1.68 bits per heavy atom. The first-order valence-corrected chi connectivity index (χ1v) is 12.8. The van der Waals surface area contributed by atoms with Crippen molar-refractivity contribution in [3.05, 3.63) is 30.6 Å². The number of anilines is 1. The summed E-state index contributed by atoms with van der Waals surface area (Å²) >= 11 is 1.20. The molecular formula is C19H20F6N5O5PS. The van der Waals surface area contributed by atoms with Gasteiger partial charge in [0.05, 0.1) is 19.0 Å². The maximum absolute atomic E-state index is 12.5.